The first-order valence-electron chi connectivity index (χ1n) is 3.47. The summed E-state index contributed by atoms with van der Waals surface area (Å²) in [6.07, 6.45) is 0. The van der Waals surface area contributed by atoms with E-state index in [-0.39, 0.29) is 16.4 Å². The van der Waals surface area contributed by atoms with Crippen molar-refractivity contribution in [2.24, 2.45) is 0 Å². The zero-order valence-corrected chi connectivity index (χ0v) is 7.09. The van der Waals surface area contributed by atoms with Crippen molar-refractivity contribution in [2.45, 2.75) is 0 Å². The van der Waals surface area contributed by atoms with Crippen molar-refractivity contribution in [2.75, 3.05) is 0 Å². The summed E-state index contributed by atoms with van der Waals surface area (Å²) in [5.41, 5.74) is 0.237. The standard InChI is InChI=1S/C7H4ClFN4/c8-5-3-1-2-4(6(5)9)7-10-12-13-11-7/h1-3H,(H,10,11,12,13). The van der Waals surface area contributed by atoms with Gasteiger partial charge in [-0.25, -0.2) is 4.39 Å². The van der Waals surface area contributed by atoms with E-state index < -0.39 is 5.82 Å². The number of hydrogen-bond donors (Lipinski definition) is 1. The van der Waals surface area contributed by atoms with Crippen LogP contribution in [0.5, 0.6) is 0 Å². The second kappa shape index (κ2) is 3.10. The summed E-state index contributed by atoms with van der Waals surface area (Å²) in [7, 11) is 0. The Balaban J connectivity index is 2.59. The molecule has 1 aromatic carbocycles. The lowest BCUT2D eigenvalue weighted by atomic mass is 10.2. The summed E-state index contributed by atoms with van der Waals surface area (Å²) in [5, 5.41) is 12.9. The summed E-state index contributed by atoms with van der Waals surface area (Å²) in [6, 6.07) is 4.61. The number of nitrogens with one attached hydrogen (secondary N) is 1. The van der Waals surface area contributed by atoms with Gasteiger partial charge in [0.25, 0.3) is 0 Å². The molecule has 0 saturated heterocycles. The average Bonchev–Trinajstić information content (AvgIpc) is 2.62. The maximum Gasteiger partial charge on any atom is 0.207 e. The number of nitrogens with zero attached hydrogens (tertiary/aromatic N) is 3. The number of hydrogen-bond acceptors (Lipinski definition) is 3. The molecule has 0 unspecified atom stereocenters. The van der Waals surface area contributed by atoms with Crippen LogP contribution in [-0.4, -0.2) is 20.6 Å². The molecule has 4 nitrogen and oxygen atoms in total. The largest absolute Gasteiger partial charge is 0.207 e. The highest BCUT2D eigenvalue weighted by molar-refractivity contribution is 6.31. The Bertz CT molecular complexity index is 414. The van der Waals surface area contributed by atoms with E-state index in [9.17, 15) is 4.39 Å². The van der Waals surface area contributed by atoms with Gasteiger partial charge in [0.2, 0.25) is 5.82 Å². The molecule has 1 aromatic heterocycles. The Labute approximate surface area is 77.7 Å². The molecular weight excluding hydrogens is 195 g/mol. The quantitative estimate of drug-likeness (QED) is 0.758. The summed E-state index contributed by atoms with van der Waals surface area (Å²) >= 11 is 5.57. The molecule has 0 spiro atoms. The molecule has 66 valence electrons. The van der Waals surface area contributed by atoms with Crippen LogP contribution in [0.1, 0.15) is 0 Å². The number of tetrazole rings is 1. The van der Waals surface area contributed by atoms with E-state index in [1.165, 1.54) is 12.1 Å². The number of halogens is 2. The minimum absolute atomic E-state index is 0.0438. The third-order valence-corrected chi connectivity index (χ3v) is 1.83. The van der Waals surface area contributed by atoms with Crippen molar-refractivity contribution in [3.8, 4) is 11.4 Å². The van der Waals surface area contributed by atoms with E-state index in [0.717, 1.165) is 0 Å². The second-order valence-electron chi connectivity index (χ2n) is 2.34. The van der Waals surface area contributed by atoms with Crippen LogP contribution in [0.3, 0.4) is 0 Å². The normalized spacial score (nSPS) is 10.3. The molecule has 0 radical (unpaired) electrons. The lowest BCUT2D eigenvalue weighted by Crippen LogP contribution is -1.87. The Morgan fingerprint density at radius 1 is 1.38 bits per heavy atom. The molecule has 2 aromatic rings. The zero-order chi connectivity index (χ0) is 9.26. The fraction of sp³-hybridized carbons (Fsp3) is 0. The van der Waals surface area contributed by atoms with Gasteiger partial charge in [0.05, 0.1) is 10.6 Å². The summed E-state index contributed by atoms with van der Waals surface area (Å²) < 4.78 is 13.3. The van der Waals surface area contributed by atoms with E-state index >= 15 is 0 Å². The van der Waals surface area contributed by atoms with Gasteiger partial charge in [0.1, 0.15) is 0 Å². The van der Waals surface area contributed by atoms with Gasteiger partial charge in [-0.1, -0.05) is 17.7 Å². The van der Waals surface area contributed by atoms with E-state index in [1.54, 1.807) is 6.07 Å². The van der Waals surface area contributed by atoms with Gasteiger partial charge in [-0.15, -0.1) is 10.2 Å². The van der Waals surface area contributed by atoms with Crippen LogP contribution in [0.2, 0.25) is 5.02 Å². The maximum atomic E-state index is 13.3. The van der Waals surface area contributed by atoms with Crippen LogP contribution in [0, 0.1) is 5.82 Å². The summed E-state index contributed by atoms with van der Waals surface area (Å²) in [5.74, 6) is -0.342. The molecule has 0 fully saturated rings. The third-order valence-electron chi connectivity index (χ3n) is 1.54. The van der Waals surface area contributed by atoms with Crippen LogP contribution < -0.4 is 0 Å². The second-order valence-corrected chi connectivity index (χ2v) is 2.74. The summed E-state index contributed by atoms with van der Waals surface area (Å²) in [6.45, 7) is 0. The lowest BCUT2D eigenvalue weighted by Gasteiger charge is -1.97. The lowest BCUT2D eigenvalue weighted by molar-refractivity contribution is 0.630. The molecule has 0 aliphatic carbocycles. The highest BCUT2D eigenvalue weighted by Gasteiger charge is 2.11. The number of rotatable bonds is 1. The Kier molecular flexibility index (Phi) is 1.94. The highest BCUT2D eigenvalue weighted by Crippen LogP contribution is 2.23. The van der Waals surface area contributed by atoms with Crippen LogP contribution in [0.4, 0.5) is 4.39 Å². The first-order valence-corrected chi connectivity index (χ1v) is 3.84. The molecule has 0 saturated carbocycles. The number of aromatic nitrogens is 4. The minimum Gasteiger partial charge on any atom is -0.205 e. The van der Waals surface area contributed by atoms with Crippen molar-refractivity contribution in [1.29, 1.82) is 0 Å². The molecule has 0 atom stereocenters. The molecule has 13 heavy (non-hydrogen) atoms. The van der Waals surface area contributed by atoms with Gasteiger partial charge in [-0.3, -0.25) is 0 Å². The maximum absolute atomic E-state index is 13.3. The van der Waals surface area contributed by atoms with E-state index in [2.05, 4.69) is 20.6 Å². The van der Waals surface area contributed by atoms with E-state index in [1.807, 2.05) is 0 Å². The van der Waals surface area contributed by atoms with Crippen molar-refractivity contribution >= 4 is 11.6 Å². The third kappa shape index (κ3) is 1.38. The Morgan fingerprint density at radius 3 is 2.92 bits per heavy atom. The van der Waals surface area contributed by atoms with E-state index in [4.69, 9.17) is 11.6 Å². The Morgan fingerprint density at radius 2 is 2.23 bits per heavy atom. The molecule has 1 N–H and O–H groups in total. The van der Waals surface area contributed by atoms with Gasteiger partial charge in [0, 0.05) is 0 Å². The molecule has 1 heterocycles. The Hall–Kier alpha value is -1.49. The zero-order valence-electron chi connectivity index (χ0n) is 6.33. The number of benzene rings is 1. The molecule has 6 heteroatoms. The van der Waals surface area contributed by atoms with Crippen LogP contribution >= 0.6 is 11.6 Å². The van der Waals surface area contributed by atoms with Crippen molar-refractivity contribution in [1.82, 2.24) is 20.6 Å². The monoisotopic (exact) mass is 198 g/mol. The van der Waals surface area contributed by atoms with Crippen molar-refractivity contribution in [3.05, 3.63) is 29.0 Å². The molecule has 2 rings (SSSR count). The van der Waals surface area contributed by atoms with Gasteiger partial charge in [0.15, 0.2) is 5.82 Å². The van der Waals surface area contributed by atoms with Crippen molar-refractivity contribution < 1.29 is 4.39 Å². The molecule has 0 aliphatic rings. The van der Waals surface area contributed by atoms with Gasteiger partial charge in [-0.05, 0) is 17.3 Å². The summed E-state index contributed by atoms with van der Waals surface area (Å²) in [4.78, 5) is 0. The smallest absolute Gasteiger partial charge is 0.205 e. The number of H-pyrrole nitrogens is 1. The van der Waals surface area contributed by atoms with Crippen molar-refractivity contribution in [3.63, 3.8) is 0 Å². The first kappa shape index (κ1) is 8.12. The predicted molar refractivity (Wildman–Crippen MR) is 44.6 cm³/mol. The minimum atomic E-state index is -0.537. The molecular formula is C7H4ClFN4. The SMILES string of the molecule is Fc1c(Cl)cccc1-c1nn[nH]n1. The van der Waals surface area contributed by atoms with Gasteiger partial charge < -0.3 is 0 Å². The average molecular weight is 199 g/mol. The van der Waals surface area contributed by atoms with Crippen LogP contribution in [0.15, 0.2) is 18.2 Å². The fourth-order valence-electron chi connectivity index (χ4n) is 0.952. The molecule has 0 aliphatic heterocycles. The molecule has 0 bridgehead atoms. The fourth-order valence-corrected chi connectivity index (χ4v) is 1.13. The van der Waals surface area contributed by atoms with Crippen LogP contribution in [0.25, 0.3) is 11.4 Å². The van der Waals surface area contributed by atoms with Gasteiger partial charge >= 0.3 is 0 Å². The predicted octanol–water partition coefficient (Wildman–Crippen LogP) is 1.66. The molecule has 0 amide bonds. The first-order chi connectivity index (χ1) is 6.29. The van der Waals surface area contributed by atoms with Crippen LogP contribution in [-0.2, 0) is 0 Å². The van der Waals surface area contributed by atoms with E-state index in [0.29, 0.717) is 0 Å². The van der Waals surface area contributed by atoms with Gasteiger partial charge in [-0.2, -0.15) is 5.21 Å². The highest BCUT2D eigenvalue weighted by atomic mass is 35.5. The topological polar surface area (TPSA) is 54.5 Å². The number of aromatic amines is 1.